The molecule has 2 aromatic rings. The summed E-state index contributed by atoms with van der Waals surface area (Å²) in [6.07, 6.45) is -0.368. The lowest BCUT2D eigenvalue weighted by atomic mass is 9.95. The highest BCUT2D eigenvalue weighted by molar-refractivity contribution is 9.10. The van der Waals surface area contributed by atoms with Crippen LogP contribution in [0.5, 0.6) is 11.5 Å². The third-order valence-corrected chi connectivity index (χ3v) is 4.54. The number of methoxy groups -OCH3 is 1. The van der Waals surface area contributed by atoms with Gasteiger partial charge in [0, 0.05) is 27.0 Å². The van der Waals surface area contributed by atoms with Crippen LogP contribution in [0.4, 0.5) is 0 Å². The second-order valence-electron chi connectivity index (χ2n) is 4.93. The zero-order valence-corrected chi connectivity index (χ0v) is 13.7. The number of hydrogen-bond acceptors (Lipinski definition) is 3. The van der Waals surface area contributed by atoms with E-state index in [0.29, 0.717) is 17.2 Å². The van der Waals surface area contributed by atoms with E-state index >= 15 is 0 Å². The number of ether oxygens (including phenoxy) is 2. The standard InChI is InChI=1S/C16H14BrClO3/c1-20-10-3-4-13(17)11(7-10)16-8-14(19)12-6-9(18)2-5-15(12)21-16/h2-7,14,16,19H,8H2,1H3/t14-,16?/m0/s1. The molecule has 1 aliphatic rings. The molecule has 3 nitrogen and oxygen atoms in total. The number of aliphatic hydroxyl groups is 1. The van der Waals surface area contributed by atoms with Gasteiger partial charge in [-0.25, -0.2) is 0 Å². The summed E-state index contributed by atoms with van der Waals surface area (Å²) in [5, 5.41) is 10.9. The lowest BCUT2D eigenvalue weighted by Gasteiger charge is -2.30. The van der Waals surface area contributed by atoms with E-state index in [1.165, 1.54) is 0 Å². The Hall–Kier alpha value is -1.23. The molecular weight excluding hydrogens is 356 g/mol. The Morgan fingerprint density at radius 1 is 1.24 bits per heavy atom. The van der Waals surface area contributed by atoms with Gasteiger partial charge in [0.15, 0.2) is 0 Å². The number of benzene rings is 2. The molecule has 1 heterocycles. The van der Waals surface area contributed by atoms with Crippen LogP contribution >= 0.6 is 27.5 Å². The van der Waals surface area contributed by atoms with Crippen molar-refractivity contribution >= 4 is 27.5 Å². The van der Waals surface area contributed by atoms with Crippen molar-refractivity contribution in [3.05, 3.63) is 57.0 Å². The predicted molar refractivity (Wildman–Crippen MR) is 85.1 cm³/mol. The molecule has 0 saturated carbocycles. The van der Waals surface area contributed by atoms with E-state index in [0.717, 1.165) is 21.3 Å². The Morgan fingerprint density at radius 3 is 2.81 bits per heavy atom. The minimum atomic E-state index is -0.601. The molecule has 1 aliphatic heterocycles. The Morgan fingerprint density at radius 2 is 2.05 bits per heavy atom. The monoisotopic (exact) mass is 368 g/mol. The quantitative estimate of drug-likeness (QED) is 0.836. The zero-order chi connectivity index (χ0) is 15.0. The number of aliphatic hydroxyl groups excluding tert-OH is 1. The molecule has 0 saturated heterocycles. The first kappa shape index (κ1) is 14.7. The summed E-state index contributed by atoms with van der Waals surface area (Å²) in [7, 11) is 1.63. The van der Waals surface area contributed by atoms with Crippen LogP contribution in [0.3, 0.4) is 0 Å². The van der Waals surface area contributed by atoms with E-state index in [2.05, 4.69) is 15.9 Å². The molecule has 2 aromatic carbocycles. The van der Waals surface area contributed by atoms with Gasteiger partial charge in [-0.2, -0.15) is 0 Å². The fraction of sp³-hybridized carbons (Fsp3) is 0.250. The van der Waals surface area contributed by atoms with Crippen molar-refractivity contribution in [2.45, 2.75) is 18.6 Å². The average Bonchev–Trinajstić information content (AvgIpc) is 2.48. The maximum absolute atomic E-state index is 10.3. The van der Waals surface area contributed by atoms with Gasteiger partial charge >= 0.3 is 0 Å². The van der Waals surface area contributed by atoms with Gasteiger partial charge in [0.05, 0.1) is 13.2 Å². The van der Waals surface area contributed by atoms with Gasteiger partial charge in [0.1, 0.15) is 17.6 Å². The molecule has 2 atom stereocenters. The summed E-state index contributed by atoms with van der Waals surface area (Å²) in [6, 6.07) is 11.0. The largest absolute Gasteiger partial charge is 0.497 e. The highest BCUT2D eigenvalue weighted by Crippen LogP contribution is 2.43. The SMILES string of the molecule is COc1ccc(Br)c(C2C[C@H](O)c3cc(Cl)ccc3O2)c1. The molecule has 21 heavy (non-hydrogen) atoms. The van der Waals surface area contributed by atoms with Crippen LogP contribution in [0.2, 0.25) is 5.02 Å². The van der Waals surface area contributed by atoms with Gasteiger partial charge < -0.3 is 14.6 Å². The fourth-order valence-electron chi connectivity index (χ4n) is 2.50. The molecule has 0 spiro atoms. The number of rotatable bonds is 2. The lowest BCUT2D eigenvalue weighted by Crippen LogP contribution is -2.19. The number of hydrogen-bond donors (Lipinski definition) is 1. The van der Waals surface area contributed by atoms with Crippen molar-refractivity contribution in [3.8, 4) is 11.5 Å². The van der Waals surface area contributed by atoms with Crippen molar-refractivity contribution in [1.29, 1.82) is 0 Å². The minimum Gasteiger partial charge on any atom is -0.497 e. The highest BCUT2D eigenvalue weighted by Gasteiger charge is 2.29. The minimum absolute atomic E-state index is 0.238. The molecule has 0 fully saturated rings. The molecule has 0 amide bonds. The zero-order valence-electron chi connectivity index (χ0n) is 11.3. The van der Waals surface area contributed by atoms with Crippen LogP contribution in [0.25, 0.3) is 0 Å². The number of halogens is 2. The third-order valence-electron chi connectivity index (χ3n) is 3.59. The van der Waals surface area contributed by atoms with Crippen molar-refractivity contribution in [2.75, 3.05) is 7.11 Å². The van der Waals surface area contributed by atoms with Gasteiger partial charge in [-0.1, -0.05) is 27.5 Å². The smallest absolute Gasteiger partial charge is 0.128 e. The Balaban J connectivity index is 1.97. The molecular formula is C16H14BrClO3. The fourth-order valence-corrected chi connectivity index (χ4v) is 3.19. The first-order valence-corrected chi connectivity index (χ1v) is 7.73. The molecule has 3 rings (SSSR count). The van der Waals surface area contributed by atoms with Crippen LogP contribution in [0, 0.1) is 0 Å². The summed E-state index contributed by atoms with van der Waals surface area (Å²) in [5.74, 6) is 1.42. The highest BCUT2D eigenvalue weighted by atomic mass is 79.9. The second kappa shape index (κ2) is 5.87. The van der Waals surface area contributed by atoms with Crippen LogP contribution < -0.4 is 9.47 Å². The first-order valence-electron chi connectivity index (χ1n) is 6.56. The summed E-state index contributed by atoms with van der Waals surface area (Å²) < 4.78 is 12.2. The van der Waals surface area contributed by atoms with E-state index < -0.39 is 6.10 Å². The van der Waals surface area contributed by atoms with Gasteiger partial charge in [0.25, 0.3) is 0 Å². The van der Waals surface area contributed by atoms with Crippen molar-refractivity contribution in [3.63, 3.8) is 0 Å². The molecule has 0 aliphatic carbocycles. The van der Waals surface area contributed by atoms with Crippen molar-refractivity contribution in [2.24, 2.45) is 0 Å². The Labute approximate surface area is 136 Å². The van der Waals surface area contributed by atoms with Crippen LogP contribution in [-0.2, 0) is 0 Å². The molecule has 0 aromatic heterocycles. The van der Waals surface area contributed by atoms with Gasteiger partial charge in [-0.3, -0.25) is 0 Å². The number of fused-ring (bicyclic) bond motifs is 1. The van der Waals surface area contributed by atoms with E-state index in [9.17, 15) is 5.11 Å². The van der Waals surface area contributed by atoms with Crippen LogP contribution in [-0.4, -0.2) is 12.2 Å². The maximum atomic E-state index is 10.3. The normalized spacial score (nSPS) is 20.6. The third kappa shape index (κ3) is 2.89. The van der Waals surface area contributed by atoms with E-state index in [1.54, 1.807) is 25.3 Å². The van der Waals surface area contributed by atoms with Crippen molar-refractivity contribution in [1.82, 2.24) is 0 Å². The lowest BCUT2D eigenvalue weighted by molar-refractivity contribution is 0.0653. The molecule has 110 valence electrons. The molecule has 0 radical (unpaired) electrons. The van der Waals surface area contributed by atoms with Gasteiger partial charge in [0.2, 0.25) is 0 Å². The van der Waals surface area contributed by atoms with E-state index in [1.807, 2.05) is 18.2 Å². The van der Waals surface area contributed by atoms with Crippen LogP contribution in [0.1, 0.15) is 29.8 Å². The first-order chi connectivity index (χ1) is 10.1. The van der Waals surface area contributed by atoms with E-state index in [-0.39, 0.29) is 6.10 Å². The summed E-state index contributed by atoms with van der Waals surface area (Å²) in [4.78, 5) is 0. The maximum Gasteiger partial charge on any atom is 0.128 e. The topological polar surface area (TPSA) is 38.7 Å². The Bertz CT molecular complexity index is 675. The summed E-state index contributed by atoms with van der Waals surface area (Å²) >= 11 is 9.50. The predicted octanol–water partition coefficient (Wildman–Crippen LogP) is 4.67. The molecule has 0 bridgehead atoms. The second-order valence-corrected chi connectivity index (χ2v) is 6.22. The summed E-state index contributed by atoms with van der Waals surface area (Å²) in [5.41, 5.74) is 1.69. The molecule has 1 unspecified atom stereocenters. The molecule has 1 N–H and O–H groups in total. The Kier molecular flexibility index (Phi) is 4.11. The van der Waals surface area contributed by atoms with Crippen LogP contribution in [0.15, 0.2) is 40.9 Å². The van der Waals surface area contributed by atoms with Gasteiger partial charge in [-0.05, 0) is 36.4 Å². The van der Waals surface area contributed by atoms with Crippen molar-refractivity contribution < 1.29 is 14.6 Å². The summed E-state index contributed by atoms with van der Waals surface area (Å²) in [6.45, 7) is 0. The average molecular weight is 370 g/mol. The molecule has 5 heteroatoms. The van der Waals surface area contributed by atoms with Gasteiger partial charge in [-0.15, -0.1) is 0 Å². The van der Waals surface area contributed by atoms with E-state index in [4.69, 9.17) is 21.1 Å².